The third kappa shape index (κ3) is 3.33. The summed E-state index contributed by atoms with van der Waals surface area (Å²) in [6.07, 6.45) is 1.43. The van der Waals surface area contributed by atoms with E-state index in [-0.39, 0.29) is 12.2 Å². The number of nitrogen functional groups attached to an aromatic ring is 1. The van der Waals surface area contributed by atoms with Crippen LogP contribution in [0.4, 0.5) is 5.82 Å². The topological polar surface area (TPSA) is 104 Å². The highest BCUT2D eigenvalue weighted by atomic mass is 16.3. The number of likely N-dealkylation sites (N-methyl/N-ethyl adjacent to an activating group) is 1. The van der Waals surface area contributed by atoms with E-state index >= 15 is 0 Å². The van der Waals surface area contributed by atoms with E-state index in [2.05, 4.69) is 15.4 Å². The molecule has 0 fully saturated rings. The van der Waals surface area contributed by atoms with Gasteiger partial charge in [0, 0.05) is 25.4 Å². The zero-order chi connectivity index (χ0) is 15.2. The minimum absolute atomic E-state index is 0.0507. The quantitative estimate of drug-likeness (QED) is 0.411. The molecule has 7 nitrogen and oxygen atoms in total. The summed E-state index contributed by atoms with van der Waals surface area (Å²) in [6, 6.07) is 9.44. The first-order chi connectivity index (χ1) is 10.2. The Balaban J connectivity index is 2.48. The molecule has 4 N–H and O–H groups in total. The Morgan fingerprint density at radius 2 is 2.10 bits per heavy atom. The lowest BCUT2D eigenvalue weighted by atomic mass is 10.2. The Hall–Kier alpha value is -2.51. The van der Waals surface area contributed by atoms with Gasteiger partial charge in [0.05, 0.1) is 6.61 Å². The first kappa shape index (κ1) is 14.9. The first-order valence-corrected chi connectivity index (χ1v) is 6.42. The summed E-state index contributed by atoms with van der Waals surface area (Å²) in [5.74, 6) is 5.62. The van der Waals surface area contributed by atoms with E-state index in [1.165, 1.54) is 6.20 Å². The molecule has 0 saturated carbocycles. The third-order valence-corrected chi connectivity index (χ3v) is 2.97. The van der Waals surface area contributed by atoms with Crippen LogP contribution >= 0.6 is 0 Å². The van der Waals surface area contributed by atoms with Crippen LogP contribution in [0.25, 0.3) is 11.4 Å². The van der Waals surface area contributed by atoms with Crippen molar-refractivity contribution in [1.82, 2.24) is 15.4 Å². The van der Waals surface area contributed by atoms with Crippen LogP contribution in [0, 0.1) is 0 Å². The number of nitrogens with one attached hydrogen (secondary N) is 1. The number of hydrogen-bond donors (Lipinski definition) is 3. The average Bonchev–Trinajstić information content (AvgIpc) is 2.54. The fraction of sp³-hybridized carbons (Fsp3) is 0.214. The van der Waals surface area contributed by atoms with Crippen molar-refractivity contribution in [1.29, 1.82) is 0 Å². The van der Waals surface area contributed by atoms with Gasteiger partial charge < -0.3 is 10.0 Å². The van der Waals surface area contributed by atoms with Crippen molar-refractivity contribution >= 4 is 11.7 Å². The Kier molecular flexibility index (Phi) is 4.81. The molecule has 0 radical (unpaired) electrons. The summed E-state index contributed by atoms with van der Waals surface area (Å²) in [7, 11) is 1.74. The van der Waals surface area contributed by atoms with Crippen LogP contribution in [0.5, 0.6) is 0 Å². The zero-order valence-electron chi connectivity index (χ0n) is 11.7. The molecule has 0 saturated heterocycles. The maximum atomic E-state index is 11.8. The monoisotopic (exact) mass is 287 g/mol. The van der Waals surface area contributed by atoms with Crippen molar-refractivity contribution in [3.63, 3.8) is 0 Å². The molecule has 0 spiro atoms. The van der Waals surface area contributed by atoms with Crippen molar-refractivity contribution in [3.8, 4) is 11.4 Å². The van der Waals surface area contributed by atoms with E-state index in [0.29, 0.717) is 18.2 Å². The molecule has 1 heterocycles. The predicted molar refractivity (Wildman–Crippen MR) is 79.5 cm³/mol. The van der Waals surface area contributed by atoms with Crippen LogP contribution in [0.3, 0.4) is 0 Å². The van der Waals surface area contributed by atoms with Crippen LogP contribution in [-0.2, 0) is 0 Å². The number of rotatable bonds is 5. The molecule has 2 rings (SSSR count). The maximum absolute atomic E-state index is 11.8. The Morgan fingerprint density at radius 1 is 1.38 bits per heavy atom. The van der Waals surface area contributed by atoms with Crippen LogP contribution in [-0.4, -0.2) is 41.2 Å². The number of hydrogen-bond acceptors (Lipinski definition) is 6. The molecule has 0 aliphatic rings. The number of carbonyl (C=O) groups excluding carboxylic acids is 1. The standard InChI is InChI=1S/C14H17N5O2/c1-19(7-8-20)13-11(14(21)18-15)9-16-12(17-13)10-5-3-2-4-6-10/h2-6,9,20H,7-8,15H2,1H3,(H,18,21). The second-order valence-electron chi connectivity index (χ2n) is 4.42. The fourth-order valence-corrected chi connectivity index (χ4v) is 1.88. The van der Waals surface area contributed by atoms with Crippen LogP contribution < -0.4 is 16.2 Å². The number of hydrazine groups is 1. The molecular weight excluding hydrogens is 270 g/mol. The molecule has 2 aromatic rings. The van der Waals surface area contributed by atoms with Crippen molar-refractivity contribution in [3.05, 3.63) is 42.1 Å². The van der Waals surface area contributed by atoms with E-state index in [4.69, 9.17) is 10.9 Å². The Labute approximate surface area is 122 Å². The van der Waals surface area contributed by atoms with Gasteiger partial charge in [-0.15, -0.1) is 0 Å². The molecule has 0 aliphatic heterocycles. The number of nitrogens with two attached hydrogens (primary N) is 1. The largest absolute Gasteiger partial charge is 0.395 e. The van der Waals surface area contributed by atoms with Gasteiger partial charge in [-0.25, -0.2) is 15.8 Å². The number of aliphatic hydroxyl groups is 1. The molecule has 1 aromatic heterocycles. The number of carbonyl (C=O) groups is 1. The molecule has 1 aromatic carbocycles. The highest BCUT2D eigenvalue weighted by Crippen LogP contribution is 2.21. The second-order valence-corrected chi connectivity index (χ2v) is 4.42. The van der Waals surface area contributed by atoms with E-state index in [1.54, 1.807) is 11.9 Å². The number of aromatic nitrogens is 2. The number of anilines is 1. The molecule has 21 heavy (non-hydrogen) atoms. The predicted octanol–water partition coefficient (Wildman–Crippen LogP) is 0.176. The lowest BCUT2D eigenvalue weighted by Crippen LogP contribution is -2.33. The van der Waals surface area contributed by atoms with Gasteiger partial charge in [0.25, 0.3) is 5.91 Å². The highest BCUT2D eigenvalue weighted by molar-refractivity contribution is 5.98. The third-order valence-electron chi connectivity index (χ3n) is 2.97. The summed E-state index contributed by atoms with van der Waals surface area (Å²) in [6.45, 7) is 0.293. The highest BCUT2D eigenvalue weighted by Gasteiger charge is 2.17. The first-order valence-electron chi connectivity index (χ1n) is 6.42. The van der Waals surface area contributed by atoms with E-state index in [0.717, 1.165) is 5.56 Å². The number of aliphatic hydroxyl groups excluding tert-OH is 1. The Morgan fingerprint density at radius 3 is 2.71 bits per heavy atom. The molecule has 0 unspecified atom stereocenters. The molecule has 0 bridgehead atoms. The van der Waals surface area contributed by atoms with Gasteiger partial charge in [-0.05, 0) is 0 Å². The minimum atomic E-state index is -0.477. The van der Waals surface area contributed by atoms with Gasteiger partial charge in [0.1, 0.15) is 11.4 Å². The molecule has 110 valence electrons. The van der Waals surface area contributed by atoms with Gasteiger partial charge in [-0.2, -0.15) is 0 Å². The van der Waals surface area contributed by atoms with E-state index in [1.807, 2.05) is 30.3 Å². The lowest BCUT2D eigenvalue weighted by molar-refractivity contribution is 0.0953. The van der Waals surface area contributed by atoms with Crippen molar-refractivity contribution in [2.75, 3.05) is 25.1 Å². The number of nitrogens with zero attached hydrogens (tertiary/aromatic N) is 3. The van der Waals surface area contributed by atoms with Crippen LogP contribution in [0.2, 0.25) is 0 Å². The van der Waals surface area contributed by atoms with Crippen LogP contribution in [0.1, 0.15) is 10.4 Å². The Bertz CT molecular complexity index is 618. The summed E-state index contributed by atoms with van der Waals surface area (Å²) in [5.41, 5.74) is 3.17. The molecule has 7 heteroatoms. The number of benzene rings is 1. The molecule has 0 atom stereocenters. The summed E-state index contributed by atoms with van der Waals surface area (Å²) in [4.78, 5) is 22.1. The number of amides is 1. The zero-order valence-corrected chi connectivity index (χ0v) is 11.7. The summed E-state index contributed by atoms with van der Waals surface area (Å²) >= 11 is 0. The molecule has 1 amide bonds. The minimum Gasteiger partial charge on any atom is -0.395 e. The van der Waals surface area contributed by atoms with Crippen molar-refractivity contribution in [2.45, 2.75) is 0 Å². The SMILES string of the molecule is CN(CCO)c1nc(-c2ccccc2)ncc1C(=O)NN. The summed E-state index contributed by atoms with van der Waals surface area (Å²) in [5, 5.41) is 9.06. The fourth-order valence-electron chi connectivity index (χ4n) is 1.88. The normalized spacial score (nSPS) is 10.2. The molecule has 0 aliphatic carbocycles. The second kappa shape index (κ2) is 6.78. The van der Waals surface area contributed by atoms with Gasteiger partial charge in [0.2, 0.25) is 0 Å². The van der Waals surface area contributed by atoms with Gasteiger partial charge in [-0.1, -0.05) is 30.3 Å². The van der Waals surface area contributed by atoms with Gasteiger partial charge >= 0.3 is 0 Å². The van der Waals surface area contributed by atoms with Crippen molar-refractivity contribution in [2.24, 2.45) is 5.84 Å². The van der Waals surface area contributed by atoms with Crippen molar-refractivity contribution < 1.29 is 9.90 Å². The van der Waals surface area contributed by atoms with Gasteiger partial charge in [0.15, 0.2) is 5.82 Å². The van der Waals surface area contributed by atoms with E-state index in [9.17, 15) is 4.79 Å². The maximum Gasteiger partial charge on any atom is 0.270 e. The molecular formula is C14H17N5O2. The average molecular weight is 287 g/mol. The summed E-state index contributed by atoms with van der Waals surface area (Å²) < 4.78 is 0. The lowest BCUT2D eigenvalue weighted by Gasteiger charge is -2.20. The smallest absolute Gasteiger partial charge is 0.270 e. The van der Waals surface area contributed by atoms with E-state index < -0.39 is 5.91 Å². The van der Waals surface area contributed by atoms with Crippen LogP contribution in [0.15, 0.2) is 36.5 Å². The van der Waals surface area contributed by atoms with Gasteiger partial charge in [-0.3, -0.25) is 10.2 Å².